The van der Waals surface area contributed by atoms with E-state index in [1.807, 2.05) is 25.1 Å². The Kier molecular flexibility index (Phi) is 6.34. The van der Waals surface area contributed by atoms with Gasteiger partial charge < -0.3 is 20.1 Å². The third kappa shape index (κ3) is 4.72. The zero-order chi connectivity index (χ0) is 19.9. The molecule has 28 heavy (non-hydrogen) atoms. The number of pyridine rings is 1. The van der Waals surface area contributed by atoms with Crippen LogP contribution in [0.5, 0.6) is 11.5 Å². The van der Waals surface area contributed by atoms with Gasteiger partial charge in [-0.15, -0.1) is 0 Å². The molecule has 3 rings (SSSR count). The topological polar surface area (TPSA) is 72.5 Å². The molecule has 0 spiro atoms. The fraction of sp³-hybridized carbons (Fsp3) is 0.143. The van der Waals surface area contributed by atoms with E-state index >= 15 is 0 Å². The maximum Gasteiger partial charge on any atom is 0.274 e. The summed E-state index contributed by atoms with van der Waals surface area (Å²) in [4.78, 5) is 16.7. The van der Waals surface area contributed by atoms with Gasteiger partial charge in [-0.05, 0) is 49.4 Å². The van der Waals surface area contributed by atoms with Gasteiger partial charge in [0.15, 0.2) is 0 Å². The third-order valence-electron chi connectivity index (χ3n) is 3.87. The number of aromatic nitrogens is 1. The number of carbonyl (C=O) groups is 1. The fourth-order valence-corrected chi connectivity index (χ4v) is 2.81. The van der Waals surface area contributed by atoms with E-state index in [4.69, 9.17) is 21.1 Å². The summed E-state index contributed by atoms with van der Waals surface area (Å²) in [5.41, 5.74) is 2.42. The Hall–Kier alpha value is -3.25. The van der Waals surface area contributed by atoms with E-state index in [1.54, 1.807) is 49.7 Å². The molecule has 1 heterocycles. The van der Waals surface area contributed by atoms with E-state index in [0.717, 1.165) is 11.4 Å². The number of anilines is 3. The molecule has 0 aliphatic rings. The van der Waals surface area contributed by atoms with Crippen LogP contribution in [0.3, 0.4) is 0 Å². The summed E-state index contributed by atoms with van der Waals surface area (Å²) in [7, 11) is 1.56. The molecule has 0 saturated heterocycles. The van der Waals surface area contributed by atoms with E-state index in [2.05, 4.69) is 15.6 Å². The van der Waals surface area contributed by atoms with Gasteiger partial charge in [0.2, 0.25) is 0 Å². The van der Waals surface area contributed by atoms with Gasteiger partial charge in [0.1, 0.15) is 17.2 Å². The molecular formula is C21H20ClN3O3. The minimum absolute atomic E-state index is 0.296. The number of para-hydroxylation sites is 2. The molecule has 3 aromatic rings. The van der Waals surface area contributed by atoms with Crippen LogP contribution >= 0.6 is 11.6 Å². The molecule has 0 saturated carbocycles. The normalized spacial score (nSPS) is 10.2. The van der Waals surface area contributed by atoms with Crippen molar-refractivity contribution in [3.05, 3.63) is 71.5 Å². The SMILES string of the molecule is CCOc1ccccc1NC(=O)c1ccc(Nc2ccc(OC)c(Cl)c2)cn1. The number of rotatable bonds is 7. The van der Waals surface area contributed by atoms with E-state index in [0.29, 0.717) is 34.5 Å². The Balaban J connectivity index is 1.68. The van der Waals surface area contributed by atoms with Crippen LogP contribution in [0.2, 0.25) is 5.02 Å². The predicted molar refractivity (Wildman–Crippen MR) is 111 cm³/mol. The number of nitrogens with zero attached hydrogens (tertiary/aromatic N) is 1. The molecule has 0 aliphatic carbocycles. The first-order valence-corrected chi connectivity index (χ1v) is 9.08. The number of methoxy groups -OCH3 is 1. The van der Waals surface area contributed by atoms with Crippen LogP contribution in [0.15, 0.2) is 60.8 Å². The highest BCUT2D eigenvalue weighted by atomic mass is 35.5. The lowest BCUT2D eigenvalue weighted by molar-refractivity contribution is 0.102. The summed E-state index contributed by atoms with van der Waals surface area (Å²) >= 11 is 6.13. The monoisotopic (exact) mass is 397 g/mol. The molecule has 1 aromatic heterocycles. The van der Waals surface area contributed by atoms with Gasteiger partial charge in [-0.25, -0.2) is 4.98 Å². The molecule has 0 aliphatic heterocycles. The van der Waals surface area contributed by atoms with Crippen LogP contribution in [0.1, 0.15) is 17.4 Å². The Morgan fingerprint density at radius 1 is 1.07 bits per heavy atom. The Labute approximate surface area is 168 Å². The number of benzene rings is 2. The Morgan fingerprint density at radius 2 is 1.86 bits per heavy atom. The summed E-state index contributed by atoms with van der Waals surface area (Å²) in [6.07, 6.45) is 1.58. The van der Waals surface area contributed by atoms with Gasteiger partial charge in [-0.2, -0.15) is 0 Å². The van der Waals surface area contributed by atoms with Crippen molar-refractivity contribution in [1.29, 1.82) is 0 Å². The van der Waals surface area contributed by atoms with Gasteiger partial charge in [-0.3, -0.25) is 4.79 Å². The van der Waals surface area contributed by atoms with Crippen molar-refractivity contribution in [3.63, 3.8) is 0 Å². The zero-order valence-corrected chi connectivity index (χ0v) is 16.3. The lowest BCUT2D eigenvalue weighted by Gasteiger charge is -2.11. The lowest BCUT2D eigenvalue weighted by Crippen LogP contribution is -2.14. The number of carbonyl (C=O) groups excluding carboxylic acids is 1. The van der Waals surface area contributed by atoms with Crippen LogP contribution < -0.4 is 20.1 Å². The molecule has 7 heteroatoms. The second kappa shape index (κ2) is 9.10. The second-order valence-corrected chi connectivity index (χ2v) is 6.20. The highest BCUT2D eigenvalue weighted by Gasteiger charge is 2.11. The van der Waals surface area contributed by atoms with E-state index < -0.39 is 0 Å². The zero-order valence-electron chi connectivity index (χ0n) is 15.5. The molecule has 0 radical (unpaired) electrons. The van der Waals surface area contributed by atoms with Crippen LogP contribution in [0, 0.1) is 0 Å². The lowest BCUT2D eigenvalue weighted by atomic mass is 10.2. The minimum atomic E-state index is -0.314. The largest absolute Gasteiger partial charge is 0.495 e. The molecular weight excluding hydrogens is 378 g/mol. The van der Waals surface area contributed by atoms with Crippen LogP contribution in [-0.4, -0.2) is 24.6 Å². The van der Waals surface area contributed by atoms with E-state index in [1.165, 1.54) is 0 Å². The molecule has 0 atom stereocenters. The van der Waals surface area contributed by atoms with Crippen molar-refractivity contribution in [3.8, 4) is 11.5 Å². The number of hydrogen-bond acceptors (Lipinski definition) is 5. The summed E-state index contributed by atoms with van der Waals surface area (Å²) in [5, 5.41) is 6.51. The number of hydrogen-bond donors (Lipinski definition) is 2. The first kappa shape index (κ1) is 19.5. The van der Waals surface area contributed by atoms with Crippen LogP contribution in [0.4, 0.5) is 17.1 Å². The van der Waals surface area contributed by atoms with Gasteiger partial charge in [0.25, 0.3) is 5.91 Å². The Bertz CT molecular complexity index is 961. The highest BCUT2D eigenvalue weighted by molar-refractivity contribution is 6.32. The fourth-order valence-electron chi connectivity index (χ4n) is 2.55. The van der Waals surface area contributed by atoms with Gasteiger partial charge in [0, 0.05) is 5.69 Å². The van der Waals surface area contributed by atoms with Gasteiger partial charge in [0.05, 0.1) is 36.3 Å². The first-order valence-electron chi connectivity index (χ1n) is 8.70. The summed E-state index contributed by atoms with van der Waals surface area (Å²) < 4.78 is 10.7. The maximum atomic E-state index is 12.5. The Morgan fingerprint density at radius 3 is 2.54 bits per heavy atom. The number of halogens is 1. The quantitative estimate of drug-likeness (QED) is 0.577. The maximum absolute atomic E-state index is 12.5. The molecule has 0 unspecified atom stereocenters. The summed E-state index contributed by atoms with van der Waals surface area (Å²) in [6, 6.07) is 16.1. The second-order valence-electron chi connectivity index (χ2n) is 5.79. The molecule has 6 nitrogen and oxygen atoms in total. The summed E-state index contributed by atoms with van der Waals surface area (Å²) in [5.74, 6) is 0.906. The molecule has 2 aromatic carbocycles. The van der Waals surface area contributed by atoms with Crippen LogP contribution in [-0.2, 0) is 0 Å². The molecule has 2 N–H and O–H groups in total. The van der Waals surface area contributed by atoms with Crippen molar-refractivity contribution in [2.24, 2.45) is 0 Å². The molecule has 144 valence electrons. The van der Waals surface area contributed by atoms with Crippen molar-refractivity contribution in [2.75, 3.05) is 24.4 Å². The number of amides is 1. The summed E-state index contributed by atoms with van der Waals surface area (Å²) in [6.45, 7) is 2.41. The van der Waals surface area contributed by atoms with Crippen molar-refractivity contribution >= 4 is 34.6 Å². The molecule has 0 fully saturated rings. The van der Waals surface area contributed by atoms with Crippen LogP contribution in [0.25, 0.3) is 0 Å². The smallest absolute Gasteiger partial charge is 0.274 e. The first-order chi connectivity index (χ1) is 13.6. The number of nitrogens with one attached hydrogen (secondary N) is 2. The average Bonchev–Trinajstić information content (AvgIpc) is 2.70. The van der Waals surface area contributed by atoms with E-state index in [-0.39, 0.29) is 5.91 Å². The van der Waals surface area contributed by atoms with Crippen molar-refractivity contribution in [1.82, 2.24) is 4.98 Å². The molecule has 1 amide bonds. The number of ether oxygens (including phenoxy) is 2. The standard InChI is InChI=1S/C21H20ClN3O3/c1-3-28-20-7-5-4-6-17(20)25-21(26)18-10-8-15(13-23-18)24-14-9-11-19(27-2)16(22)12-14/h4-13,24H,3H2,1-2H3,(H,25,26). The van der Waals surface area contributed by atoms with Gasteiger partial charge >= 0.3 is 0 Å². The average molecular weight is 398 g/mol. The van der Waals surface area contributed by atoms with Gasteiger partial charge in [-0.1, -0.05) is 23.7 Å². The van der Waals surface area contributed by atoms with Crippen molar-refractivity contribution in [2.45, 2.75) is 6.92 Å². The van der Waals surface area contributed by atoms with E-state index in [9.17, 15) is 4.79 Å². The van der Waals surface area contributed by atoms with Crippen molar-refractivity contribution < 1.29 is 14.3 Å². The predicted octanol–water partition coefficient (Wildman–Crippen LogP) is 5.14. The molecule has 0 bridgehead atoms. The minimum Gasteiger partial charge on any atom is -0.495 e. The third-order valence-corrected chi connectivity index (χ3v) is 4.17. The highest BCUT2D eigenvalue weighted by Crippen LogP contribution is 2.29.